The number of likely N-dealkylation sites (N-methyl/N-ethyl adjacent to an activating group) is 1. The third-order valence-electron chi connectivity index (χ3n) is 3.17. The topological polar surface area (TPSA) is 15.3 Å². The quantitative estimate of drug-likeness (QED) is 0.619. The van der Waals surface area contributed by atoms with Crippen LogP contribution in [0, 0.1) is 0 Å². The highest BCUT2D eigenvalue weighted by Crippen LogP contribution is 2.23. The number of rotatable bonds is 0. The molecule has 0 amide bonds. The number of halogens is 1. The molecule has 1 aliphatic carbocycles. The zero-order valence-electron chi connectivity index (χ0n) is 7.75. The molecule has 3 heteroatoms. The summed E-state index contributed by atoms with van der Waals surface area (Å²) in [6, 6.07) is 1.65. The predicted octanol–water partition coefficient (Wildman–Crippen LogP) is 1.25. The van der Waals surface area contributed by atoms with E-state index in [9.17, 15) is 0 Å². The Morgan fingerprint density at radius 1 is 1.25 bits per heavy atom. The first-order valence-corrected chi connectivity index (χ1v) is 4.81. The summed E-state index contributed by atoms with van der Waals surface area (Å²) in [5.41, 5.74) is 0. The first-order valence-electron chi connectivity index (χ1n) is 4.81. The summed E-state index contributed by atoms with van der Waals surface area (Å²) < 4.78 is 0. The van der Waals surface area contributed by atoms with Crippen LogP contribution in [0.15, 0.2) is 0 Å². The Hall–Kier alpha value is 0.210. The van der Waals surface area contributed by atoms with Crippen LogP contribution in [0.4, 0.5) is 0 Å². The van der Waals surface area contributed by atoms with E-state index in [1.165, 1.54) is 38.8 Å². The molecule has 0 spiro atoms. The molecule has 1 saturated heterocycles. The van der Waals surface area contributed by atoms with Crippen molar-refractivity contribution in [3.8, 4) is 0 Å². The van der Waals surface area contributed by atoms with Crippen LogP contribution in [0.5, 0.6) is 0 Å². The highest BCUT2D eigenvalue weighted by Gasteiger charge is 2.30. The van der Waals surface area contributed by atoms with Crippen LogP contribution in [0.3, 0.4) is 0 Å². The van der Waals surface area contributed by atoms with Crippen LogP contribution >= 0.6 is 12.4 Å². The summed E-state index contributed by atoms with van der Waals surface area (Å²) in [6.07, 6.45) is 5.68. The normalized spacial score (nSPS) is 36.8. The van der Waals surface area contributed by atoms with Crippen LogP contribution in [0.1, 0.15) is 25.7 Å². The Morgan fingerprint density at radius 2 is 2.00 bits per heavy atom. The van der Waals surface area contributed by atoms with E-state index in [0.29, 0.717) is 0 Å². The number of nitrogens with zero attached hydrogens (tertiary/aromatic N) is 1. The van der Waals surface area contributed by atoms with Gasteiger partial charge in [-0.05, 0) is 19.9 Å². The van der Waals surface area contributed by atoms with Crippen molar-refractivity contribution in [1.29, 1.82) is 0 Å². The largest absolute Gasteiger partial charge is 0.311 e. The van der Waals surface area contributed by atoms with Gasteiger partial charge >= 0.3 is 0 Å². The van der Waals surface area contributed by atoms with Crippen LogP contribution in [-0.4, -0.2) is 37.1 Å². The van der Waals surface area contributed by atoms with Gasteiger partial charge in [0.2, 0.25) is 0 Å². The van der Waals surface area contributed by atoms with Gasteiger partial charge in [-0.2, -0.15) is 0 Å². The second kappa shape index (κ2) is 4.45. The van der Waals surface area contributed by atoms with Crippen LogP contribution in [0.25, 0.3) is 0 Å². The molecule has 0 aromatic carbocycles. The third-order valence-corrected chi connectivity index (χ3v) is 3.17. The van der Waals surface area contributed by atoms with Gasteiger partial charge in [-0.3, -0.25) is 0 Å². The standard InChI is InChI=1S/C9H18N2.ClH/c1-11-7-6-10-8-4-2-3-5-9(8)11;/h8-10H,2-7H2,1H3;1H/t8-,9+;/m0./s1. The first-order chi connectivity index (χ1) is 5.38. The fourth-order valence-electron chi connectivity index (χ4n) is 2.47. The van der Waals surface area contributed by atoms with E-state index in [4.69, 9.17) is 0 Å². The minimum absolute atomic E-state index is 0. The smallest absolute Gasteiger partial charge is 0.0246 e. The Balaban J connectivity index is 0.000000720. The monoisotopic (exact) mass is 190 g/mol. The highest BCUT2D eigenvalue weighted by molar-refractivity contribution is 5.85. The summed E-state index contributed by atoms with van der Waals surface area (Å²) in [5, 5.41) is 3.61. The molecular weight excluding hydrogens is 172 g/mol. The van der Waals surface area contributed by atoms with Crippen LogP contribution in [0.2, 0.25) is 0 Å². The first kappa shape index (κ1) is 10.3. The summed E-state index contributed by atoms with van der Waals surface area (Å²) in [4.78, 5) is 2.53. The molecule has 72 valence electrons. The SMILES string of the molecule is CN1CCN[C@H]2CCCC[C@H]21.Cl. The molecule has 0 unspecified atom stereocenters. The molecule has 2 aliphatic rings. The van der Waals surface area contributed by atoms with Crippen molar-refractivity contribution in [2.75, 3.05) is 20.1 Å². The number of fused-ring (bicyclic) bond motifs is 1. The molecule has 12 heavy (non-hydrogen) atoms. The molecule has 0 aromatic heterocycles. The molecule has 1 aliphatic heterocycles. The van der Waals surface area contributed by atoms with Crippen molar-refractivity contribution < 1.29 is 0 Å². The summed E-state index contributed by atoms with van der Waals surface area (Å²) >= 11 is 0. The number of piperazine rings is 1. The molecular formula is C9H19ClN2. The van der Waals surface area contributed by atoms with Gasteiger partial charge in [0.1, 0.15) is 0 Å². The molecule has 0 radical (unpaired) electrons. The fourth-order valence-corrected chi connectivity index (χ4v) is 2.47. The average Bonchev–Trinajstić information content (AvgIpc) is 2.06. The molecule has 1 saturated carbocycles. The number of nitrogens with one attached hydrogen (secondary N) is 1. The number of hydrogen-bond acceptors (Lipinski definition) is 2. The highest BCUT2D eigenvalue weighted by atomic mass is 35.5. The van der Waals surface area contributed by atoms with E-state index in [1.807, 2.05) is 0 Å². The molecule has 2 atom stereocenters. The molecule has 1 N–H and O–H groups in total. The van der Waals surface area contributed by atoms with E-state index in [-0.39, 0.29) is 12.4 Å². The van der Waals surface area contributed by atoms with Gasteiger partial charge in [0.05, 0.1) is 0 Å². The van der Waals surface area contributed by atoms with E-state index in [1.54, 1.807) is 0 Å². The van der Waals surface area contributed by atoms with Crippen molar-refractivity contribution in [3.05, 3.63) is 0 Å². The van der Waals surface area contributed by atoms with Crippen LogP contribution in [-0.2, 0) is 0 Å². The van der Waals surface area contributed by atoms with Gasteiger partial charge in [0.25, 0.3) is 0 Å². The van der Waals surface area contributed by atoms with Gasteiger partial charge < -0.3 is 10.2 Å². The van der Waals surface area contributed by atoms with E-state index < -0.39 is 0 Å². The lowest BCUT2D eigenvalue weighted by Crippen LogP contribution is -2.57. The Bertz CT molecular complexity index is 138. The van der Waals surface area contributed by atoms with Crippen molar-refractivity contribution in [1.82, 2.24) is 10.2 Å². The molecule has 2 rings (SSSR count). The van der Waals surface area contributed by atoms with E-state index in [2.05, 4.69) is 17.3 Å². The van der Waals surface area contributed by atoms with Crippen molar-refractivity contribution >= 4 is 12.4 Å². The van der Waals surface area contributed by atoms with Gasteiger partial charge in [0.15, 0.2) is 0 Å². The average molecular weight is 191 g/mol. The third kappa shape index (κ3) is 1.93. The minimum Gasteiger partial charge on any atom is -0.311 e. The maximum absolute atomic E-state index is 3.61. The van der Waals surface area contributed by atoms with E-state index >= 15 is 0 Å². The maximum atomic E-state index is 3.61. The molecule has 2 nitrogen and oxygen atoms in total. The molecule has 1 heterocycles. The minimum atomic E-state index is 0. The molecule has 0 bridgehead atoms. The summed E-state index contributed by atoms with van der Waals surface area (Å²) in [7, 11) is 2.27. The van der Waals surface area contributed by atoms with Gasteiger partial charge in [-0.1, -0.05) is 12.8 Å². The van der Waals surface area contributed by atoms with Crippen molar-refractivity contribution in [2.24, 2.45) is 0 Å². The molecule has 0 aromatic rings. The van der Waals surface area contributed by atoms with Crippen LogP contribution < -0.4 is 5.32 Å². The number of hydrogen-bond donors (Lipinski definition) is 1. The van der Waals surface area contributed by atoms with Gasteiger partial charge in [-0.15, -0.1) is 12.4 Å². The van der Waals surface area contributed by atoms with Gasteiger partial charge in [0, 0.05) is 25.2 Å². The Kier molecular flexibility index (Phi) is 3.81. The summed E-state index contributed by atoms with van der Waals surface area (Å²) in [5.74, 6) is 0. The Morgan fingerprint density at radius 3 is 2.75 bits per heavy atom. The zero-order valence-corrected chi connectivity index (χ0v) is 8.57. The second-order valence-corrected chi connectivity index (χ2v) is 3.89. The lowest BCUT2D eigenvalue weighted by atomic mass is 9.88. The Labute approximate surface area is 81.1 Å². The summed E-state index contributed by atoms with van der Waals surface area (Å²) in [6.45, 7) is 2.43. The lowest BCUT2D eigenvalue weighted by Gasteiger charge is -2.42. The molecule has 2 fully saturated rings. The second-order valence-electron chi connectivity index (χ2n) is 3.89. The van der Waals surface area contributed by atoms with E-state index in [0.717, 1.165) is 12.1 Å². The predicted molar refractivity (Wildman–Crippen MR) is 53.9 cm³/mol. The van der Waals surface area contributed by atoms with Crippen molar-refractivity contribution in [3.63, 3.8) is 0 Å². The lowest BCUT2D eigenvalue weighted by molar-refractivity contribution is 0.114. The zero-order chi connectivity index (χ0) is 7.68. The fraction of sp³-hybridized carbons (Fsp3) is 1.00. The van der Waals surface area contributed by atoms with Gasteiger partial charge in [-0.25, -0.2) is 0 Å². The maximum Gasteiger partial charge on any atom is 0.0246 e. The van der Waals surface area contributed by atoms with Crippen molar-refractivity contribution in [2.45, 2.75) is 37.8 Å².